The molecule has 0 aliphatic heterocycles. The van der Waals surface area contributed by atoms with Gasteiger partial charge in [-0.2, -0.15) is 0 Å². The number of oxazole rings is 1. The van der Waals surface area contributed by atoms with Crippen LogP contribution in [0.25, 0.3) is 0 Å². The van der Waals surface area contributed by atoms with Gasteiger partial charge in [-0.15, -0.1) is 0 Å². The highest BCUT2D eigenvalue weighted by Gasteiger charge is 2.02. The summed E-state index contributed by atoms with van der Waals surface area (Å²) in [6, 6.07) is 5.95. The molecule has 0 radical (unpaired) electrons. The first-order valence-corrected chi connectivity index (χ1v) is 4.32. The fraction of sp³-hybridized carbons (Fsp3) is 0.100. The first kappa shape index (κ1) is 9.51. The van der Waals surface area contributed by atoms with Crippen molar-refractivity contribution in [3.63, 3.8) is 0 Å². The lowest BCUT2D eigenvalue weighted by Gasteiger charge is -2.02. The van der Waals surface area contributed by atoms with Crippen molar-refractivity contribution in [1.82, 2.24) is 4.98 Å². The van der Waals surface area contributed by atoms with E-state index in [1.54, 1.807) is 12.1 Å². The zero-order valence-electron chi connectivity index (χ0n) is 7.81. The number of ether oxygens (including phenoxy) is 1. The highest BCUT2D eigenvalue weighted by Crippen LogP contribution is 2.14. The Kier molecular flexibility index (Phi) is 2.53. The maximum atomic E-state index is 12.8. The summed E-state index contributed by atoms with van der Waals surface area (Å²) in [4.78, 5) is 3.70. The average molecular weight is 208 g/mol. The molecule has 0 fully saturated rings. The summed E-state index contributed by atoms with van der Waals surface area (Å²) in [6.45, 7) is 0.174. The molecule has 0 atom stereocenters. The molecule has 15 heavy (non-hydrogen) atoms. The molecular formula is C10H9FN2O2. The van der Waals surface area contributed by atoms with Crippen molar-refractivity contribution in [3.05, 3.63) is 42.0 Å². The van der Waals surface area contributed by atoms with Crippen LogP contribution in [-0.2, 0) is 6.61 Å². The first-order chi connectivity index (χ1) is 7.24. The topological polar surface area (TPSA) is 61.3 Å². The molecule has 0 spiro atoms. The van der Waals surface area contributed by atoms with E-state index in [-0.39, 0.29) is 18.4 Å². The summed E-state index contributed by atoms with van der Waals surface area (Å²) in [5, 5.41) is 0. The highest BCUT2D eigenvalue weighted by molar-refractivity contribution is 5.22. The van der Waals surface area contributed by atoms with Crippen LogP contribution in [0.15, 0.2) is 34.9 Å². The van der Waals surface area contributed by atoms with Crippen LogP contribution in [-0.4, -0.2) is 4.98 Å². The molecule has 0 aliphatic rings. The van der Waals surface area contributed by atoms with Crippen LogP contribution in [0.1, 0.15) is 5.76 Å². The van der Waals surface area contributed by atoms with Gasteiger partial charge < -0.3 is 14.9 Å². The van der Waals surface area contributed by atoms with Crippen LogP contribution >= 0.6 is 0 Å². The van der Waals surface area contributed by atoms with Crippen molar-refractivity contribution in [2.24, 2.45) is 0 Å². The van der Waals surface area contributed by atoms with Crippen molar-refractivity contribution in [2.45, 2.75) is 6.61 Å². The van der Waals surface area contributed by atoms with E-state index in [4.69, 9.17) is 14.9 Å². The number of halogens is 1. The standard InChI is InChI=1S/C10H9FN2O2/c11-7-2-1-3-8(4-7)14-6-9-5-13-10(12)15-9/h1-5H,6H2,(H2,12,13). The number of rotatable bonds is 3. The molecular weight excluding hydrogens is 199 g/mol. The van der Waals surface area contributed by atoms with E-state index < -0.39 is 0 Å². The molecule has 1 aromatic heterocycles. The van der Waals surface area contributed by atoms with Crippen LogP contribution in [0, 0.1) is 5.82 Å². The minimum atomic E-state index is -0.343. The maximum Gasteiger partial charge on any atom is 0.292 e. The molecule has 78 valence electrons. The van der Waals surface area contributed by atoms with Crippen LogP contribution in [0.4, 0.5) is 10.4 Å². The molecule has 0 amide bonds. The zero-order chi connectivity index (χ0) is 10.7. The van der Waals surface area contributed by atoms with Crippen molar-refractivity contribution in [1.29, 1.82) is 0 Å². The molecule has 4 nitrogen and oxygen atoms in total. The molecule has 2 aromatic rings. The molecule has 2 rings (SSSR count). The van der Waals surface area contributed by atoms with E-state index in [2.05, 4.69) is 4.98 Å². The summed E-state index contributed by atoms with van der Waals surface area (Å²) in [7, 11) is 0. The molecule has 0 bridgehead atoms. The Morgan fingerprint density at radius 3 is 3.00 bits per heavy atom. The van der Waals surface area contributed by atoms with Gasteiger partial charge in [-0.3, -0.25) is 0 Å². The Labute approximate surface area is 85.5 Å². The zero-order valence-corrected chi connectivity index (χ0v) is 7.81. The predicted octanol–water partition coefficient (Wildman–Crippen LogP) is 1.97. The molecule has 0 saturated heterocycles. The summed E-state index contributed by atoms with van der Waals surface area (Å²) in [5.74, 6) is 0.589. The van der Waals surface area contributed by atoms with E-state index in [0.717, 1.165) is 0 Å². The van der Waals surface area contributed by atoms with Gasteiger partial charge in [0.2, 0.25) is 0 Å². The van der Waals surface area contributed by atoms with E-state index in [0.29, 0.717) is 11.5 Å². The van der Waals surface area contributed by atoms with Gasteiger partial charge in [0.1, 0.15) is 18.2 Å². The second kappa shape index (κ2) is 4.00. The Balaban J connectivity index is 1.99. The Morgan fingerprint density at radius 1 is 1.47 bits per heavy atom. The number of nitrogens with two attached hydrogens (primary N) is 1. The van der Waals surface area contributed by atoms with Crippen LogP contribution < -0.4 is 10.5 Å². The highest BCUT2D eigenvalue weighted by atomic mass is 19.1. The Hall–Kier alpha value is -2.04. The lowest BCUT2D eigenvalue weighted by molar-refractivity contribution is 0.271. The monoisotopic (exact) mass is 208 g/mol. The third-order valence-electron chi connectivity index (χ3n) is 1.75. The van der Waals surface area contributed by atoms with Crippen molar-refractivity contribution in [2.75, 3.05) is 5.73 Å². The van der Waals surface area contributed by atoms with Gasteiger partial charge in [-0.1, -0.05) is 6.07 Å². The van der Waals surface area contributed by atoms with Gasteiger partial charge in [0.15, 0.2) is 5.76 Å². The maximum absolute atomic E-state index is 12.8. The summed E-state index contributed by atoms with van der Waals surface area (Å²) < 4.78 is 23.0. The molecule has 0 saturated carbocycles. The molecule has 0 unspecified atom stereocenters. The Bertz CT molecular complexity index is 456. The third-order valence-corrected chi connectivity index (χ3v) is 1.75. The number of benzene rings is 1. The number of nitrogens with zero attached hydrogens (tertiary/aromatic N) is 1. The minimum Gasteiger partial charge on any atom is -0.485 e. The first-order valence-electron chi connectivity index (χ1n) is 4.32. The van der Waals surface area contributed by atoms with Gasteiger partial charge in [-0.05, 0) is 12.1 Å². The summed E-state index contributed by atoms with van der Waals surface area (Å²) >= 11 is 0. The van der Waals surface area contributed by atoms with Crippen LogP contribution in [0.5, 0.6) is 5.75 Å². The van der Waals surface area contributed by atoms with E-state index in [1.807, 2.05) is 0 Å². The van der Waals surface area contributed by atoms with Gasteiger partial charge in [0, 0.05) is 6.07 Å². The van der Waals surface area contributed by atoms with Gasteiger partial charge in [0.05, 0.1) is 6.20 Å². The van der Waals surface area contributed by atoms with Crippen molar-refractivity contribution < 1.29 is 13.5 Å². The van der Waals surface area contributed by atoms with Gasteiger partial charge in [0.25, 0.3) is 6.01 Å². The SMILES string of the molecule is Nc1ncc(COc2cccc(F)c2)o1. The molecule has 0 aliphatic carbocycles. The van der Waals surface area contributed by atoms with E-state index >= 15 is 0 Å². The lowest BCUT2D eigenvalue weighted by Crippen LogP contribution is -1.93. The van der Waals surface area contributed by atoms with Crippen LogP contribution in [0.3, 0.4) is 0 Å². The lowest BCUT2D eigenvalue weighted by atomic mass is 10.3. The normalized spacial score (nSPS) is 10.2. The molecule has 1 aromatic carbocycles. The van der Waals surface area contributed by atoms with Crippen LogP contribution in [0.2, 0.25) is 0 Å². The second-order valence-corrected chi connectivity index (χ2v) is 2.91. The van der Waals surface area contributed by atoms with Crippen molar-refractivity contribution in [3.8, 4) is 5.75 Å². The largest absolute Gasteiger partial charge is 0.485 e. The quantitative estimate of drug-likeness (QED) is 0.837. The number of hydrogen-bond donors (Lipinski definition) is 1. The van der Waals surface area contributed by atoms with Gasteiger partial charge >= 0.3 is 0 Å². The fourth-order valence-corrected chi connectivity index (χ4v) is 1.10. The number of nitrogen functional groups attached to an aromatic ring is 1. The predicted molar refractivity (Wildman–Crippen MR) is 51.6 cm³/mol. The molecule has 1 heterocycles. The number of anilines is 1. The van der Waals surface area contributed by atoms with E-state index in [1.165, 1.54) is 18.3 Å². The third kappa shape index (κ3) is 2.46. The second-order valence-electron chi connectivity index (χ2n) is 2.91. The number of aromatic nitrogens is 1. The van der Waals surface area contributed by atoms with Crippen molar-refractivity contribution >= 4 is 6.01 Å². The molecule has 5 heteroatoms. The number of hydrogen-bond acceptors (Lipinski definition) is 4. The van der Waals surface area contributed by atoms with Gasteiger partial charge in [-0.25, -0.2) is 9.37 Å². The smallest absolute Gasteiger partial charge is 0.292 e. The summed E-state index contributed by atoms with van der Waals surface area (Å²) in [5.41, 5.74) is 5.28. The molecule has 2 N–H and O–H groups in total. The minimum absolute atomic E-state index is 0.0906. The fourth-order valence-electron chi connectivity index (χ4n) is 1.10. The average Bonchev–Trinajstić information content (AvgIpc) is 2.62. The van der Waals surface area contributed by atoms with E-state index in [9.17, 15) is 4.39 Å². The summed E-state index contributed by atoms with van der Waals surface area (Å²) in [6.07, 6.45) is 1.47. The Morgan fingerprint density at radius 2 is 2.33 bits per heavy atom.